The summed E-state index contributed by atoms with van der Waals surface area (Å²) in [6.45, 7) is 12.8. The summed E-state index contributed by atoms with van der Waals surface area (Å²) in [5.74, 6) is 0.321. The first-order valence-corrected chi connectivity index (χ1v) is 8.58. The van der Waals surface area contributed by atoms with Crippen LogP contribution in [0.5, 0.6) is 0 Å². The number of rotatable bonds is 3. The summed E-state index contributed by atoms with van der Waals surface area (Å²) in [5, 5.41) is 19.0. The Hall–Kier alpha value is -1.21. The lowest BCUT2D eigenvalue weighted by Gasteiger charge is -2.46. The number of carbonyl (C=O) groups is 1. The molecule has 2 amide bonds. The van der Waals surface area contributed by atoms with Crippen molar-refractivity contribution in [3.05, 3.63) is 5.01 Å². The average molecular weight is 325 g/mol. The standard InChI is InChI=1S/C15H27N5OS/c1-9(2)11-18-19-13(22-11)17-12(21)16-10-7-14(3,4)20-15(5,6)8-10/h9-10,20H,7-8H2,1-6H3,(H2,16,17,19,21). The SMILES string of the molecule is CC(C)c1nnc(NC(=O)NC2CC(C)(C)NC(C)(C)C2)s1. The van der Waals surface area contributed by atoms with Crippen molar-refractivity contribution in [1.82, 2.24) is 20.8 Å². The molecule has 0 spiro atoms. The summed E-state index contributed by atoms with van der Waals surface area (Å²) in [5.41, 5.74) is 0.0144. The number of aromatic nitrogens is 2. The number of urea groups is 1. The third-order valence-corrected chi connectivity index (χ3v) is 4.82. The van der Waals surface area contributed by atoms with Crippen LogP contribution in [0.4, 0.5) is 9.93 Å². The molecule has 2 heterocycles. The van der Waals surface area contributed by atoms with Crippen LogP contribution in [0.2, 0.25) is 0 Å². The number of carbonyl (C=O) groups excluding carboxylic acids is 1. The van der Waals surface area contributed by atoms with Crippen molar-refractivity contribution in [2.24, 2.45) is 0 Å². The van der Waals surface area contributed by atoms with E-state index in [-0.39, 0.29) is 23.2 Å². The topological polar surface area (TPSA) is 78.9 Å². The van der Waals surface area contributed by atoms with Gasteiger partial charge in [0.2, 0.25) is 5.13 Å². The smallest absolute Gasteiger partial charge is 0.321 e. The molecule has 0 aliphatic carbocycles. The lowest BCUT2D eigenvalue weighted by atomic mass is 9.80. The van der Waals surface area contributed by atoms with Crippen LogP contribution in [0.25, 0.3) is 0 Å². The van der Waals surface area contributed by atoms with Crippen molar-refractivity contribution in [2.75, 3.05) is 5.32 Å². The molecule has 22 heavy (non-hydrogen) atoms. The Labute approximate surface area is 136 Å². The van der Waals surface area contributed by atoms with Crippen LogP contribution in [-0.2, 0) is 0 Å². The molecular weight excluding hydrogens is 298 g/mol. The third kappa shape index (κ3) is 4.64. The van der Waals surface area contributed by atoms with Crippen LogP contribution in [0.15, 0.2) is 0 Å². The van der Waals surface area contributed by atoms with E-state index >= 15 is 0 Å². The van der Waals surface area contributed by atoms with Gasteiger partial charge >= 0.3 is 6.03 Å². The van der Waals surface area contributed by atoms with Crippen LogP contribution in [-0.4, -0.2) is 33.3 Å². The minimum atomic E-state index is -0.204. The van der Waals surface area contributed by atoms with E-state index in [0.29, 0.717) is 11.0 Å². The molecule has 0 bridgehead atoms. The van der Waals surface area contributed by atoms with E-state index < -0.39 is 0 Å². The molecule has 6 nitrogen and oxygen atoms in total. The molecule has 0 atom stereocenters. The monoisotopic (exact) mass is 325 g/mol. The fourth-order valence-corrected chi connectivity index (χ4v) is 4.00. The van der Waals surface area contributed by atoms with Gasteiger partial charge in [0.15, 0.2) is 0 Å². The lowest BCUT2D eigenvalue weighted by Crippen LogP contribution is -2.62. The summed E-state index contributed by atoms with van der Waals surface area (Å²) in [6, 6.07) is -0.0614. The number of anilines is 1. The summed E-state index contributed by atoms with van der Waals surface area (Å²) in [7, 11) is 0. The van der Waals surface area contributed by atoms with E-state index in [1.54, 1.807) is 0 Å². The summed E-state index contributed by atoms with van der Waals surface area (Å²) >= 11 is 1.42. The molecule has 1 saturated heterocycles. The maximum Gasteiger partial charge on any atom is 0.321 e. The van der Waals surface area contributed by atoms with Gasteiger partial charge in [-0.2, -0.15) is 0 Å². The molecule has 124 valence electrons. The molecule has 7 heteroatoms. The Balaban J connectivity index is 1.93. The van der Waals surface area contributed by atoms with Gasteiger partial charge in [-0.1, -0.05) is 25.2 Å². The fraction of sp³-hybridized carbons (Fsp3) is 0.800. The van der Waals surface area contributed by atoms with Crippen molar-refractivity contribution in [3.63, 3.8) is 0 Å². The van der Waals surface area contributed by atoms with Crippen molar-refractivity contribution in [1.29, 1.82) is 0 Å². The first-order valence-electron chi connectivity index (χ1n) is 7.77. The van der Waals surface area contributed by atoms with Gasteiger partial charge in [-0.15, -0.1) is 10.2 Å². The maximum absolute atomic E-state index is 12.2. The molecule has 1 aliphatic rings. The molecule has 1 aromatic rings. The second kappa shape index (κ2) is 6.12. The Morgan fingerprint density at radius 1 is 1.23 bits per heavy atom. The normalized spacial score (nSPS) is 20.9. The Bertz CT molecular complexity index is 522. The highest BCUT2D eigenvalue weighted by molar-refractivity contribution is 7.15. The van der Waals surface area contributed by atoms with Gasteiger partial charge in [0, 0.05) is 23.0 Å². The molecule has 0 radical (unpaired) electrons. The first-order chi connectivity index (χ1) is 10.1. The van der Waals surface area contributed by atoms with Crippen molar-refractivity contribution >= 4 is 22.5 Å². The van der Waals surface area contributed by atoms with Crippen molar-refractivity contribution in [2.45, 2.75) is 77.4 Å². The number of hydrogen-bond donors (Lipinski definition) is 3. The molecule has 0 unspecified atom stereocenters. The van der Waals surface area contributed by atoms with E-state index in [9.17, 15) is 4.79 Å². The minimum Gasteiger partial charge on any atom is -0.335 e. The summed E-state index contributed by atoms with van der Waals surface area (Å²) < 4.78 is 0. The minimum absolute atomic E-state index is 0.00719. The van der Waals surface area contributed by atoms with Gasteiger partial charge in [-0.25, -0.2) is 4.79 Å². The van der Waals surface area contributed by atoms with Crippen LogP contribution >= 0.6 is 11.3 Å². The first kappa shape index (κ1) is 17.1. The van der Waals surface area contributed by atoms with Crippen LogP contribution < -0.4 is 16.0 Å². The predicted molar refractivity (Wildman–Crippen MR) is 90.5 cm³/mol. The highest BCUT2D eigenvalue weighted by Crippen LogP contribution is 2.28. The molecule has 1 fully saturated rings. The van der Waals surface area contributed by atoms with Gasteiger partial charge in [0.05, 0.1) is 0 Å². The number of amides is 2. The molecule has 1 aliphatic heterocycles. The number of nitrogens with one attached hydrogen (secondary N) is 3. The van der Waals surface area contributed by atoms with Crippen LogP contribution in [0.1, 0.15) is 65.3 Å². The maximum atomic E-state index is 12.2. The number of hydrogen-bond acceptors (Lipinski definition) is 5. The van der Waals surface area contributed by atoms with Gasteiger partial charge in [0.1, 0.15) is 5.01 Å². The van der Waals surface area contributed by atoms with Crippen molar-refractivity contribution in [3.8, 4) is 0 Å². The highest BCUT2D eigenvalue weighted by Gasteiger charge is 2.38. The summed E-state index contributed by atoms with van der Waals surface area (Å²) in [4.78, 5) is 12.2. The molecule has 2 rings (SSSR count). The van der Waals surface area contributed by atoms with Gasteiger partial charge in [-0.3, -0.25) is 5.32 Å². The van der Waals surface area contributed by atoms with E-state index in [2.05, 4.69) is 67.7 Å². The molecule has 3 N–H and O–H groups in total. The molecular formula is C15H27N5OS. The molecule has 0 saturated carbocycles. The van der Waals surface area contributed by atoms with Gasteiger partial charge < -0.3 is 10.6 Å². The number of piperidine rings is 1. The zero-order valence-corrected chi connectivity index (χ0v) is 15.1. The molecule has 0 aromatic carbocycles. The largest absolute Gasteiger partial charge is 0.335 e. The average Bonchev–Trinajstić information content (AvgIpc) is 2.72. The second-order valence-corrected chi connectivity index (χ2v) is 8.71. The quantitative estimate of drug-likeness (QED) is 0.798. The molecule has 1 aromatic heterocycles. The summed E-state index contributed by atoms with van der Waals surface area (Å²) in [6.07, 6.45) is 1.80. The number of nitrogens with zero attached hydrogens (tertiary/aromatic N) is 2. The zero-order chi connectivity index (χ0) is 16.5. The van der Waals surface area contributed by atoms with E-state index in [1.165, 1.54) is 11.3 Å². The predicted octanol–water partition coefficient (Wildman–Crippen LogP) is 3.09. The Morgan fingerprint density at radius 2 is 1.82 bits per heavy atom. The van der Waals surface area contributed by atoms with Crippen molar-refractivity contribution < 1.29 is 4.79 Å². The van der Waals surface area contributed by atoms with E-state index in [0.717, 1.165) is 17.8 Å². The van der Waals surface area contributed by atoms with Crippen LogP contribution in [0, 0.1) is 0 Å². The fourth-order valence-electron chi connectivity index (χ4n) is 3.26. The van der Waals surface area contributed by atoms with E-state index in [1.807, 2.05) is 0 Å². The second-order valence-electron chi connectivity index (χ2n) is 7.70. The third-order valence-electron chi connectivity index (χ3n) is 3.68. The highest BCUT2D eigenvalue weighted by atomic mass is 32.1. The van der Waals surface area contributed by atoms with Gasteiger partial charge in [-0.05, 0) is 40.5 Å². The zero-order valence-electron chi connectivity index (χ0n) is 14.3. The van der Waals surface area contributed by atoms with E-state index in [4.69, 9.17) is 0 Å². The lowest BCUT2D eigenvalue weighted by molar-refractivity contribution is 0.149. The van der Waals surface area contributed by atoms with Gasteiger partial charge in [0.25, 0.3) is 0 Å². The Morgan fingerprint density at radius 3 is 2.32 bits per heavy atom. The Kier molecular flexibility index (Phi) is 4.77. The van der Waals surface area contributed by atoms with Crippen LogP contribution in [0.3, 0.4) is 0 Å².